The first-order chi connectivity index (χ1) is 16.8. The Labute approximate surface area is 214 Å². The summed E-state index contributed by atoms with van der Waals surface area (Å²) in [4.78, 5) is 74.3. The minimum absolute atomic E-state index is 0.00253. The molecule has 2 fully saturated rings. The van der Waals surface area contributed by atoms with Gasteiger partial charge in [-0.2, -0.15) is 5.26 Å². The van der Waals surface area contributed by atoms with Gasteiger partial charge in [0.2, 0.25) is 0 Å². The highest BCUT2D eigenvalue weighted by Gasteiger charge is 2.54. The fraction of sp³-hybridized carbons (Fsp3) is 0.720. The maximum Gasteiger partial charge on any atom is 0.168 e. The van der Waals surface area contributed by atoms with E-state index >= 15 is 0 Å². The molecule has 0 unspecified atom stereocenters. The van der Waals surface area contributed by atoms with Gasteiger partial charge in [-0.1, -0.05) is 0 Å². The van der Waals surface area contributed by atoms with Crippen LogP contribution in [0.4, 0.5) is 0 Å². The predicted molar refractivity (Wildman–Crippen MR) is 127 cm³/mol. The highest BCUT2D eigenvalue weighted by molar-refractivity contribution is 8.00. The summed E-state index contributed by atoms with van der Waals surface area (Å²) >= 11 is 1.06. The molecular formula is C25H33NO9S. The zero-order valence-corrected chi connectivity index (χ0v) is 22.2. The second-order valence-electron chi connectivity index (χ2n) is 9.48. The summed E-state index contributed by atoms with van der Waals surface area (Å²) in [6.45, 7) is 7.65. The zero-order chi connectivity index (χ0) is 27.3. The molecule has 10 nitrogen and oxygen atoms in total. The molecule has 0 aromatic carbocycles. The molecule has 2 rings (SSSR count). The number of nitrogens with zero attached hydrogens (tertiary/aromatic N) is 1. The molecule has 2 heterocycles. The van der Waals surface area contributed by atoms with Gasteiger partial charge in [-0.15, -0.1) is 11.8 Å². The average molecular weight is 524 g/mol. The van der Waals surface area contributed by atoms with Crippen LogP contribution in [0.3, 0.4) is 0 Å². The molecule has 2 aliphatic rings. The lowest BCUT2D eigenvalue weighted by Gasteiger charge is -2.44. The normalized spacial score (nSPS) is 34.0. The summed E-state index contributed by atoms with van der Waals surface area (Å²) in [5.41, 5.74) is -0.858. The van der Waals surface area contributed by atoms with E-state index in [0.717, 1.165) is 11.8 Å². The maximum absolute atomic E-state index is 12.7. The van der Waals surface area contributed by atoms with E-state index in [4.69, 9.17) is 19.5 Å². The Bertz CT molecular complexity index is 958. The van der Waals surface area contributed by atoms with Crippen molar-refractivity contribution in [2.45, 2.75) is 71.9 Å². The van der Waals surface area contributed by atoms with E-state index in [1.54, 1.807) is 0 Å². The summed E-state index contributed by atoms with van der Waals surface area (Å²) in [6, 6.07) is 1.97. The number of Topliss-reactive ketones (excluding diaryl/α,β-unsaturated/α-hetero) is 6. The summed E-state index contributed by atoms with van der Waals surface area (Å²) in [5.74, 6) is -6.62. The van der Waals surface area contributed by atoms with Crippen molar-refractivity contribution in [2.24, 2.45) is 29.6 Å². The standard InChI is InChI=1S/C25H33NO9S/c1-11(27)9-17-19(12(2)28)22(15(5)31)24(34-17)33-10-18-20(13(3)29)21(14(4)30)23(16(6)32)25(35-18)36-8-7-26/h17-25H,8-10H2,1-6H3/t17-,18-,19-,20-,21+,22+,23+,24+,25-/m1/s1. The number of hydrogen-bond acceptors (Lipinski definition) is 11. The highest BCUT2D eigenvalue weighted by Crippen LogP contribution is 2.43. The molecule has 0 bridgehead atoms. The third kappa shape index (κ3) is 6.73. The monoisotopic (exact) mass is 523 g/mol. The van der Waals surface area contributed by atoms with Crippen molar-refractivity contribution >= 4 is 46.5 Å². The van der Waals surface area contributed by atoms with Crippen LogP contribution in [0, 0.1) is 40.9 Å². The van der Waals surface area contributed by atoms with E-state index in [1.165, 1.54) is 41.5 Å². The van der Waals surface area contributed by atoms with Crippen molar-refractivity contribution in [3.05, 3.63) is 0 Å². The fourth-order valence-electron chi connectivity index (χ4n) is 5.33. The fourth-order valence-corrected chi connectivity index (χ4v) is 6.36. The van der Waals surface area contributed by atoms with Crippen LogP contribution in [-0.2, 0) is 43.0 Å². The van der Waals surface area contributed by atoms with Gasteiger partial charge in [0.25, 0.3) is 0 Å². The van der Waals surface area contributed by atoms with Gasteiger partial charge in [-0.3, -0.25) is 28.8 Å². The van der Waals surface area contributed by atoms with Gasteiger partial charge in [0.05, 0.1) is 54.3 Å². The first-order valence-electron chi connectivity index (χ1n) is 11.7. The Hall–Kier alpha value is -2.26. The molecule has 11 heteroatoms. The van der Waals surface area contributed by atoms with Crippen LogP contribution in [0.2, 0.25) is 0 Å². The third-order valence-corrected chi connectivity index (χ3v) is 7.77. The number of carbonyl (C=O) groups is 6. The number of thioether (sulfide) groups is 1. The summed E-state index contributed by atoms with van der Waals surface area (Å²) < 4.78 is 17.8. The lowest BCUT2D eigenvalue weighted by molar-refractivity contribution is -0.198. The third-order valence-electron chi connectivity index (χ3n) is 6.74. The van der Waals surface area contributed by atoms with E-state index in [-0.39, 0.29) is 53.5 Å². The molecule has 0 aromatic heterocycles. The second kappa shape index (κ2) is 12.8. The van der Waals surface area contributed by atoms with Crippen LogP contribution in [0.25, 0.3) is 0 Å². The number of ketones is 6. The largest absolute Gasteiger partial charge is 0.360 e. The van der Waals surface area contributed by atoms with Gasteiger partial charge in [0.15, 0.2) is 6.29 Å². The Morgan fingerprint density at radius 2 is 1.22 bits per heavy atom. The molecule has 0 amide bonds. The summed E-state index contributed by atoms with van der Waals surface area (Å²) in [7, 11) is 0. The molecule has 198 valence electrons. The van der Waals surface area contributed by atoms with E-state index in [1.807, 2.05) is 6.07 Å². The minimum atomic E-state index is -1.16. The smallest absolute Gasteiger partial charge is 0.168 e. The van der Waals surface area contributed by atoms with E-state index in [2.05, 4.69) is 0 Å². The van der Waals surface area contributed by atoms with Crippen molar-refractivity contribution in [2.75, 3.05) is 12.4 Å². The molecule has 36 heavy (non-hydrogen) atoms. The first kappa shape index (κ1) is 30.0. The molecule has 2 aliphatic heterocycles. The number of hydrogen-bond donors (Lipinski definition) is 0. The van der Waals surface area contributed by atoms with Crippen molar-refractivity contribution in [3.8, 4) is 6.07 Å². The molecule has 0 aromatic rings. The molecule has 2 saturated heterocycles. The lowest BCUT2D eigenvalue weighted by atomic mass is 9.71. The zero-order valence-electron chi connectivity index (χ0n) is 21.3. The first-order valence-corrected chi connectivity index (χ1v) is 12.8. The Morgan fingerprint density at radius 3 is 1.67 bits per heavy atom. The van der Waals surface area contributed by atoms with Crippen molar-refractivity contribution in [1.82, 2.24) is 0 Å². The number of carbonyl (C=O) groups excluding carboxylic acids is 6. The van der Waals surface area contributed by atoms with Crippen LogP contribution in [0.5, 0.6) is 0 Å². The number of nitriles is 1. The molecule has 0 radical (unpaired) electrons. The molecular weight excluding hydrogens is 490 g/mol. The number of rotatable bonds is 12. The van der Waals surface area contributed by atoms with Crippen LogP contribution in [0.15, 0.2) is 0 Å². The summed E-state index contributed by atoms with van der Waals surface area (Å²) in [5, 5.41) is 9.03. The highest BCUT2D eigenvalue weighted by atomic mass is 32.2. The van der Waals surface area contributed by atoms with Crippen molar-refractivity contribution < 1.29 is 43.0 Å². The topological polar surface area (TPSA) is 154 Å². The average Bonchev–Trinajstić information content (AvgIpc) is 3.12. The predicted octanol–water partition coefficient (Wildman–Crippen LogP) is 1.71. The Morgan fingerprint density at radius 1 is 0.722 bits per heavy atom. The molecule has 0 spiro atoms. The van der Waals surface area contributed by atoms with Gasteiger partial charge < -0.3 is 14.2 Å². The van der Waals surface area contributed by atoms with Crippen LogP contribution >= 0.6 is 11.8 Å². The van der Waals surface area contributed by atoms with Crippen LogP contribution < -0.4 is 0 Å². The van der Waals surface area contributed by atoms with E-state index in [0.29, 0.717) is 0 Å². The van der Waals surface area contributed by atoms with Gasteiger partial charge in [0.1, 0.15) is 40.1 Å². The van der Waals surface area contributed by atoms with Crippen LogP contribution in [0.1, 0.15) is 48.0 Å². The molecule has 0 aliphatic carbocycles. The van der Waals surface area contributed by atoms with Gasteiger partial charge in [-0.25, -0.2) is 0 Å². The van der Waals surface area contributed by atoms with Gasteiger partial charge in [-0.05, 0) is 41.5 Å². The van der Waals surface area contributed by atoms with Crippen LogP contribution in [-0.4, -0.2) is 71.0 Å². The molecule has 0 N–H and O–H groups in total. The SMILES string of the molecule is CC(=O)C[C@H]1O[C@H](OC[C@H]2O[C@H](SCC#N)[C@@H](C(C)=O)[C@@H](C(C)=O)[C@@H]2C(C)=O)[C@@H](C(C)=O)[C@@H]1C(C)=O. The Balaban J connectivity index is 2.36. The molecule has 0 saturated carbocycles. The maximum atomic E-state index is 12.7. The van der Waals surface area contributed by atoms with Gasteiger partial charge >= 0.3 is 0 Å². The number of ether oxygens (including phenoxy) is 3. The van der Waals surface area contributed by atoms with Crippen molar-refractivity contribution in [1.29, 1.82) is 5.26 Å². The summed E-state index contributed by atoms with van der Waals surface area (Å²) in [6.07, 6.45) is -3.03. The Kier molecular flexibility index (Phi) is 10.7. The lowest BCUT2D eigenvalue weighted by Crippen LogP contribution is -2.55. The van der Waals surface area contributed by atoms with E-state index < -0.39 is 53.5 Å². The van der Waals surface area contributed by atoms with E-state index in [9.17, 15) is 28.8 Å². The van der Waals surface area contributed by atoms with Gasteiger partial charge in [0, 0.05) is 12.3 Å². The minimum Gasteiger partial charge on any atom is -0.360 e. The second-order valence-corrected chi connectivity index (χ2v) is 10.6. The van der Waals surface area contributed by atoms with Crippen molar-refractivity contribution in [3.63, 3.8) is 0 Å². The molecule has 9 atom stereocenters. The quantitative estimate of drug-likeness (QED) is 0.367.